The van der Waals surface area contributed by atoms with E-state index in [0.29, 0.717) is 26.2 Å². The van der Waals surface area contributed by atoms with E-state index in [2.05, 4.69) is 26.6 Å². The Kier molecular flexibility index (Phi) is 6.96. The Labute approximate surface area is 184 Å². The smallest absolute Gasteiger partial charge is 0.236 e. The van der Waals surface area contributed by atoms with Gasteiger partial charge in [-0.3, -0.25) is 4.90 Å². The molecule has 6 nitrogen and oxygen atoms in total. The van der Waals surface area contributed by atoms with Crippen molar-refractivity contribution < 1.29 is 8.42 Å². The first-order valence-electron chi connectivity index (χ1n) is 10.6. The topological polar surface area (TPSA) is 58.4 Å². The number of hydrogen-bond acceptors (Lipinski definition) is 4. The lowest BCUT2D eigenvalue weighted by atomic mass is 10.2. The van der Waals surface area contributed by atoms with E-state index in [9.17, 15) is 8.42 Å². The van der Waals surface area contributed by atoms with Crippen molar-refractivity contribution in [3.05, 3.63) is 95.4 Å². The van der Waals surface area contributed by atoms with Crippen LogP contribution < -0.4 is 0 Å². The van der Waals surface area contributed by atoms with Crippen molar-refractivity contribution in [3.8, 4) is 0 Å². The molecule has 0 aliphatic carbocycles. The average molecular weight is 437 g/mol. The Morgan fingerprint density at radius 3 is 2.39 bits per heavy atom. The van der Waals surface area contributed by atoms with Gasteiger partial charge in [-0.1, -0.05) is 60.7 Å². The predicted molar refractivity (Wildman–Crippen MR) is 124 cm³/mol. The molecule has 0 spiro atoms. The molecule has 1 aliphatic heterocycles. The summed E-state index contributed by atoms with van der Waals surface area (Å²) in [6.45, 7) is 4.07. The van der Waals surface area contributed by atoms with Crippen molar-refractivity contribution in [1.82, 2.24) is 18.8 Å². The summed E-state index contributed by atoms with van der Waals surface area (Å²) in [5, 5.41) is 1.32. The summed E-state index contributed by atoms with van der Waals surface area (Å²) < 4.78 is 29.3. The second kappa shape index (κ2) is 10.0. The van der Waals surface area contributed by atoms with Gasteiger partial charge in [0.15, 0.2) is 0 Å². The second-order valence-electron chi connectivity index (χ2n) is 7.74. The van der Waals surface area contributed by atoms with E-state index in [1.807, 2.05) is 60.9 Å². The third-order valence-corrected chi connectivity index (χ3v) is 7.07. The van der Waals surface area contributed by atoms with Crippen molar-refractivity contribution in [3.63, 3.8) is 0 Å². The molecule has 0 bridgehead atoms. The molecule has 1 aromatic heterocycles. The molecule has 0 saturated carbocycles. The van der Waals surface area contributed by atoms with Crippen molar-refractivity contribution in [2.24, 2.45) is 0 Å². The zero-order chi connectivity index (χ0) is 21.5. The maximum absolute atomic E-state index is 12.8. The molecule has 1 saturated heterocycles. The van der Waals surface area contributed by atoms with Gasteiger partial charge in [0.2, 0.25) is 10.0 Å². The number of rotatable bonds is 7. The van der Waals surface area contributed by atoms with E-state index >= 15 is 0 Å². The molecule has 7 heteroatoms. The van der Waals surface area contributed by atoms with Crippen molar-refractivity contribution in [2.45, 2.75) is 19.5 Å². The molecule has 162 valence electrons. The minimum atomic E-state index is -3.43. The molecule has 3 aromatic rings. The number of nitrogens with zero attached hydrogens (tertiary/aromatic N) is 4. The summed E-state index contributed by atoms with van der Waals surface area (Å²) in [6, 6.07) is 19.8. The molecular formula is C24H28N4O2S. The molecule has 4 rings (SSSR count). The first kappa shape index (κ1) is 21.5. The highest BCUT2D eigenvalue weighted by Crippen LogP contribution is 2.14. The molecule has 1 fully saturated rings. The fourth-order valence-electron chi connectivity index (χ4n) is 3.79. The highest BCUT2D eigenvalue weighted by atomic mass is 32.2. The van der Waals surface area contributed by atoms with Gasteiger partial charge in [0.25, 0.3) is 0 Å². The van der Waals surface area contributed by atoms with Crippen LogP contribution in [-0.4, -0.2) is 53.4 Å². The van der Waals surface area contributed by atoms with Gasteiger partial charge >= 0.3 is 0 Å². The monoisotopic (exact) mass is 436 g/mol. The van der Waals surface area contributed by atoms with Gasteiger partial charge in [-0.25, -0.2) is 13.4 Å². The van der Waals surface area contributed by atoms with E-state index in [4.69, 9.17) is 0 Å². The average Bonchev–Trinajstić information content (AvgIpc) is 3.07. The predicted octanol–water partition coefficient (Wildman–Crippen LogP) is 3.44. The van der Waals surface area contributed by atoms with Crippen LogP contribution in [0.5, 0.6) is 0 Å². The lowest BCUT2D eigenvalue weighted by Gasteiger charge is -2.21. The van der Waals surface area contributed by atoms with Gasteiger partial charge in [0.05, 0.1) is 6.54 Å². The van der Waals surface area contributed by atoms with Gasteiger partial charge in [-0.2, -0.15) is 4.31 Å². The first-order valence-corrected chi connectivity index (χ1v) is 12.1. The molecule has 1 aliphatic rings. The maximum Gasteiger partial charge on any atom is 0.236 e. The van der Waals surface area contributed by atoms with Crippen LogP contribution >= 0.6 is 0 Å². The van der Waals surface area contributed by atoms with E-state index < -0.39 is 10.0 Å². The molecule has 0 unspecified atom stereocenters. The van der Waals surface area contributed by atoms with Crippen molar-refractivity contribution in [1.29, 1.82) is 0 Å². The summed E-state index contributed by atoms with van der Waals surface area (Å²) in [5.74, 6) is 1.00. The Hall–Kier alpha value is -2.74. The molecular weight excluding hydrogens is 408 g/mol. The Bertz CT molecular complexity index is 1090. The SMILES string of the molecule is O=S(=O)(C=Cc1ccccc1)N1CCCN(Cc2nccn2Cc2ccccc2)CC1. The van der Waals surface area contributed by atoms with E-state index in [-0.39, 0.29) is 0 Å². The van der Waals surface area contributed by atoms with E-state index in [1.165, 1.54) is 11.0 Å². The van der Waals surface area contributed by atoms with Gasteiger partial charge in [-0.15, -0.1) is 0 Å². The standard InChI is InChI=1S/C24H28N4O2S/c29-31(30,19-12-22-8-3-1-4-9-22)28-15-7-14-26(17-18-28)21-24-25-13-16-27(24)20-23-10-5-2-6-11-23/h1-6,8-13,16,19H,7,14-15,17-18,20-21H2. The fourth-order valence-corrected chi connectivity index (χ4v) is 5.01. The molecule has 0 amide bonds. The lowest BCUT2D eigenvalue weighted by molar-refractivity contribution is 0.268. The molecule has 0 radical (unpaired) electrons. The molecule has 0 atom stereocenters. The number of hydrogen-bond donors (Lipinski definition) is 0. The van der Waals surface area contributed by atoms with Crippen LogP contribution in [0.15, 0.2) is 78.5 Å². The Morgan fingerprint density at radius 2 is 1.61 bits per heavy atom. The highest BCUT2D eigenvalue weighted by Gasteiger charge is 2.23. The number of imidazole rings is 1. The minimum Gasteiger partial charge on any atom is -0.329 e. The minimum absolute atomic E-state index is 0.487. The number of sulfonamides is 1. The van der Waals surface area contributed by atoms with Crippen LogP contribution in [0.4, 0.5) is 0 Å². The molecule has 2 aromatic carbocycles. The van der Waals surface area contributed by atoms with Crippen molar-refractivity contribution >= 4 is 16.1 Å². The van der Waals surface area contributed by atoms with Gasteiger partial charge in [0, 0.05) is 44.0 Å². The van der Waals surface area contributed by atoms with Gasteiger partial charge < -0.3 is 4.57 Å². The van der Waals surface area contributed by atoms with E-state index in [1.54, 1.807) is 10.4 Å². The normalized spacial score (nSPS) is 16.5. The fraction of sp³-hybridized carbons (Fsp3) is 0.292. The zero-order valence-corrected chi connectivity index (χ0v) is 18.4. The van der Waals surface area contributed by atoms with Crippen LogP contribution in [0.1, 0.15) is 23.4 Å². The van der Waals surface area contributed by atoms with E-state index in [0.717, 1.165) is 30.9 Å². The summed E-state index contributed by atoms with van der Waals surface area (Å²) in [7, 11) is -3.43. The van der Waals surface area contributed by atoms with Crippen LogP contribution in [0.2, 0.25) is 0 Å². The first-order chi connectivity index (χ1) is 15.1. The van der Waals surface area contributed by atoms with Gasteiger partial charge in [-0.05, 0) is 30.2 Å². The summed E-state index contributed by atoms with van der Waals surface area (Å²) in [4.78, 5) is 6.84. The summed E-state index contributed by atoms with van der Waals surface area (Å²) in [5.41, 5.74) is 2.12. The molecule has 31 heavy (non-hydrogen) atoms. The lowest BCUT2D eigenvalue weighted by Crippen LogP contribution is -2.34. The van der Waals surface area contributed by atoms with Crippen LogP contribution in [0.25, 0.3) is 6.08 Å². The third-order valence-electron chi connectivity index (χ3n) is 5.50. The Morgan fingerprint density at radius 1 is 0.871 bits per heavy atom. The second-order valence-corrected chi connectivity index (χ2v) is 9.56. The van der Waals surface area contributed by atoms with Crippen molar-refractivity contribution in [2.75, 3.05) is 26.2 Å². The Balaban J connectivity index is 1.37. The summed E-state index contributed by atoms with van der Waals surface area (Å²) >= 11 is 0. The van der Waals surface area contributed by atoms with Crippen LogP contribution in [0.3, 0.4) is 0 Å². The number of aromatic nitrogens is 2. The molecule has 0 N–H and O–H groups in total. The van der Waals surface area contributed by atoms with Gasteiger partial charge in [0.1, 0.15) is 5.82 Å². The summed E-state index contributed by atoms with van der Waals surface area (Å²) in [6.07, 6.45) is 6.31. The maximum atomic E-state index is 12.8. The third kappa shape index (κ3) is 5.91. The van der Waals surface area contributed by atoms with Crippen LogP contribution in [-0.2, 0) is 23.1 Å². The molecule has 2 heterocycles. The quantitative estimate of drug-likeness (QED) is 0.569. The zero-order valence-electron chi connectivity index (χ0n) is 17.5. The van der Waals surface area contributed by atoms with Crippen LogP contribution in [0, 0.1) is 0 Å². The largest absolute Gasteiger partial charge is 0.329 e. The highest BCUT2D eigenvalue weighted by molar-refractivity contribution is 7.92. The number of benzene rings is 2.